The zero-order valence-electron chi connectivity index (χ0n) is 12.4. The highest BCUT2D eigenvalue weighted by molar-refractivity contribution is 5.41. The van der Waals surface area contributed by atoms with E-state index >= 15 is 0 Å². The van der Waals surface area contributed by atoms with Crippen molar-refractivity contribution in [3.63, 3.8) is 0 Å². The third-order valence-corrected chi connectivity index (χ3v) is 3.63. The van der Waals surface area contributed by atoms with Gasteiger partial charge in [0.05, 0.1) is 6.61 Å². The van der Waals surface area contributed by atoms with E-state index in [0.29, 0.717) is 6.61 Å². The fourth-order valence-electron chi connectivity index (χ4n) is 2.49. The summed E-state index contributed by atoms with van der Waals surface area (Å²) in [6.07, 6.45) is 2.33. The van der Waals surface area contributed by atoms with E-state index in [1.807, 2.05) is 19.1 Å². The molecule has 0 aliphatic carbocycles. The molecule has 0 aromatic carbocycles. The van der Waals surface area contributed by atoms with E-state index < -0.39 is 0 Å². The molecule has 0 saturated carbocycles. The van der Waals surface area contributed by atoms with Crippen LogP contribution in [0.3, 0.4) is 0 Å². The summed E-state index contributed by atoms with van der Waals surface area (Å²) in [5.41, 5.74) is 5.53. The van der Waals surface area contributed by atoms with Crippen molar-refractivity contribution in [1.29, 1.82) is 0 Å². The van der Waals surface area contributed by atoms with Crippen molar-refractivity contribution >= 4 is 5.82 Å². The van der Waals surface area contributed by atoms with Crippen LogP contribution in [0.1, 0.15) is 19.8 Å². The number of hydrogen-bond donors (Lipinski definition) is 1. The third-order valence-electron chi connectivity index (χ3n) is 3.63. The van der Waals surface area contributed by atoms with Crippen LogP contribution >= 0.6 is 0 Å². The molecule has 20 heavy (non-hydrogen) atoms. The number of nitrogens with two attached hydrogens (primary N) is 1. The number of ether oxygens (including phenoxy) is 1. The van der Waals surface area contributed by atoms with Crippen molar-refractivity contribution in [2.24, 2.45) is 5.73 Å². The lowest BCUT2D eigenvalue weighted by atomic mass is 10.2. The standard InChI is InChI=1S/C15H26N4O/c1-2-20-15-7-5-6-14(17-15)19-12-10-18(11-13-19)9-4-3-8-16/h5-7H,2-4,8-13,16H2,1H3. The lowest BCUT2D eigenvalue weighted by Crippen LogP contribution is -2.47. The molecule has 0 radical (unpaired) electrons. The minimum Gasteiger partial charge on any atom is -0.478 e. The van der Waals surface area contributed by atoms with Crippen LogP contribution in [0, 0.1) is 0 Å². The van der Waals surface area contributed by atoms with E-state index in [0.717, 1.165) is 57.4 Å². The number of pyridine rings is 1. The molecule has 0 bridgehead atoms. The van der Waals surface area contributed by atoms with Crippen molar-refractivity contribution in [3.8, 4) is 5.88 Å². The Morgan fingerprint density at radius 3 is 2.70 bits per heavy atom. The third kappa shape index (κ3) is 4.35. The van der Waals surface area contributed by atoms with Gasteiger partial charge in [-0.1, -0.05) is 6.07 Å². The van der Waals surface area contributed by atoms with Crippen LogP contribution in [0.15, 0.2) is 18.2 Å². The first-order valence-electron chi connectivity index (χ1n) is 7.60. The minimum absolute atomic E-state index is 0.658. The Kier molecular flexibility index (Phi) is 6.08. The van der Waals surface area contributed by atoms with Crippen LogP contribution in [0.4, 0.5) is 5.82 Å². The summed E-state index contributed by atoms with van der Waals surface area (Å²) in [4.78, 5) is 9.40. The Bertz CT molecular complexity index is 391. The fourth-order valence-corrected chi connectivity index (χ4v) is 2.49. The number of rotatable bonds is 7. The van der Waals surface area contributed by atoms with Crippen molar-refractivity contribution in [1.82, 2.24) is 9.88 Å². The lowest BCUT2D eigenvalue weighted by Gasteiger charge is -2.35. The summed E-state index contributed by atoms with van der Waals surface area (Å²) < 4.78 is 5.46. The van der Waals surface area contributed by atoms with Crippen molar-refractivity contribution in [3.05, 3.63) is 18.2 Å². The molecule has 5 nitrogen and oxygen atoms in total. The summed E-state index contributed by atoms with van der Waals surface area (Å²) >= 11 is 0. The van der Waals surface area contributed by atoms with Gasteiger partial charge in [-0.3, -0.25) is 4.90 Å². The molecule has 1 aromatic heterocycles. The second-order valence-electron chi connectivity index (χ2n) is 5.09. The first-order chi connectivity index (χ1) is 9.83. The average Bonchev–Trinajstić information content (AvgIpc) is 2.49. The smallest absolute Gasteiger partial charge is 0.215 e. The maximum atomic E-state index is 5.53. The van der Waals surface area contributed by atoms with E-state index in [-0.39, 0.29) is 0 Å². The molecular formula is C15H26N4O. The monoisotopic (exact) mass is 278 g/mol. The number of nitrogens with zero attached hydrogens (tertiary/aromatic N) is 3. The second kappa shape index (κ2) is 8.07. The van der Waals surface area contributed by atoms with Crippen molar-refractivity contribution in [2.45, 2.75) is 19.8 Å². The molecule has 0 atom stereocenters. The summed E-state index contributed by atoms with van der Waals surface area (Å²) in [7, 11) is 0. The van der Waals surface area contributed by atoms with Crippen molar-refractivity contribution in [2.75, 3.05) is 50.8 Å². The molecule has 1 fully saturated rings. The summed E-state index contributed by atoms with van der Waals surface area (Å²) in [6.45, 7) is 8.87. The van der Waals surface area contributed by atoms with Gasteiger partial charge in [0, 0.05) is 32.2 Å². The van der Waals surface area contributed by atoms with Gasteiger partial charge in [0.2, 0.25) is 5.88 Å². The lowest BCUT2D eigenvalue weighted by molar-refractivity contribution is 0.252. The van der Waals surface area contributed by atoms with Gasteiger partial charge < -0.3 is 15.4 Å². The van der Waals surface area contributed by atoms with E-state index in [2.05, 4.69) is 20.9 Å². The van der Waals surface area contributed by atoms with Gasteiger partial charge in [0.1, 0.15) is 5.82 Å². The maximum absolute atomic E-state index is 5.53. The molecule has 1 aromatic rings. The number of aromatic nitrogens is 1. The number of anilines is 1. The molecule has 5 heteroatoms. The molecule has 2 heterocycles. The molecule has 1 saturated heterocycles. The predicted octanol–water partition coefficient (Wildman–Crippen LogP) is 1.34. The summed E-state index contributed by atoms with van der Waals surface area (Å²) in [5.74, 6) is 1.74. The van der Waals surface area contributed by atoms with Crippen LogP contribution in [0.2, 0.25) is 0 Å². The first-order valence-corrected chi connectivity index (χ1v) is 7.60. The molecule has 1 aliphatic heterocycles. The van der Waals surface area contributed by atoms with Crippen LogP contribution in [0.25, 0.3) is 0 Å². The van der Waals surface area contributed by atoms with Gasteiger partial charge in [0.15, 0.2) is 0 Å². The molecule has 112 valence electrons. The van der Waals surface area contributed by atoms with Crippen LogP contribution < -0.4 is 15.4 Å². The summed E-state index contributed by atoms with van der Waals surface area (Å²) in [6, 6.07) is 5.99. The molecule has 0 unspecified atom stereocenters. The van der Waals surface area contributed by atoms with Gasteiger partial charge in [0.25, 0.3) is 0 Å². The van der Waals surface area contributed by atoms with E-state index in [1.54, 1.807) is 0 Å². The number of hydrogen-bond acceptors (Lipinski definition) is 5. The van der Waals surface area contributed by atoms with Gasteiger partial charge in [-0.25, -0.2) is 0 Å². The zero-order valence-corrected chi connectivity index (χ0v) is 12.4. The average molecular weight is 278 g/mol. The molecule has 2 N–H and O–H groups in total. The largest absolute Gasteiger partial charge is 0.478 e. The number of piperazine rings is 1. The summed E-state index contributed by atoms with van der Waals surface area (Å²) in [5, 5.41) is 0. The highest BCUT2D eigenvalue weighted by atomic mass is 16.5. The Balaban J connectivity index is 1.82. The van der Waals surface area contributed by atoms with Crippen LogP contribution in [-0.2, 0) is 0 Å². The molecule has 2 rings (SSSR count). The Morgan fingerprint density at radius 2 is 2.00 bits per heavy atom. The molecule has 1 aliphatic rings. The molecule has 0 spiro atoms. The van der Waals surface area contributed by atoms with Gasteiger partial charge in [-0.2, -0.15) is 4.98 Å². The minimum atomic E-state index is 0.658. The Morgan fingerprint density at radius 1 is 1.20 bits per heavy atom. The van der Waals surface area contributed by atoms with E-state index in [9.17, 15) is 0 Å². The van der Waals surface area contributed by atoms with Gasteiger partial charge in [-0.15, -0.1) is 0 Å². The predicted molar refractivity (Wildman–Crippen MR) is 82.3 cm³/mol. The van der Waals surface area contributed by atoms with Crippen LogP contribution in [0.5, 0.6) is 5.88 Å². The molecular weight excluding hydrogens is 252 g/mol. The highest BCUT2D eigenvalue weighted by Gasteiger charge is 2.17. The quantitative estimate of drug-likeness (QED) is 0.763. The van der Waals surface area contributed by atoms with E-state index in [4.69, 9.17) is 10.5 Å². The number of unbranched alkanes of at least 4 members (excludes halogenated alkanes) is 1. The second-order valence-corrected chi connectivity index (χ2v) is 5.09. The fraction of sp³-hybridized carbons (Fsp3) is 0.667. The van der Waals surface area contributed by atoms with Crippen LogP contribution in [-0.4, -0.2) is 55.8 Å². The zero-order chi connectivity index (χ0) is 14.2. The van der Waals surface area contributed by atoms with Gasteiger partial charge >= 0.3 is 0 Å². The molecule has 0 amide bonds. The maximum Gasteiger partial charge on any atom is 0.215 e. The SMILES string of the molecule is CCOc1cccc(N2CCN(CCCCN)CC2)n1. The van der Waals surface area contributed by atoms with Crippen molar-refractivity contribution < 1.29 is 4.74 Å². The van der Waals surface area contributed by atoms with E-state index in [1.165, 1.54) is 6.42 Å². The highest BCUT2D eigenvalue weighted by Crippen LogP contribution is 2.17. The first kappa shape index (κ1) is 15.1. The van der Waals surface area contributed by atoms with Gasteiger partial charge in [-0.05, 0) is 38.9 Å². The Labute approximate surface area is 121 Å². The Hall–Kier alpha value is -1.33. The topological polar surface area (TPSA) is 54.6 Å². The normalized spacial score (nSPS) is 16.4.